The molecule has 2 saturated heterocycles. The fourth-order valence-corrected chi connectivity index (χ4v) is 3.79. The van der Waals surface area contributed by atoms with E-state index >= 15 is 0 Å². The van der Waals surface area contributed by atoms with E-state index in [-0.39, 0.29) is 37.0 Å². The predicted molar refractivity (Wildman–Crippen MR) is 92.3 cm³/mol. The zero-order chi connectivity index (χ0) is 19.2. The van der Waals surface area contributed by atoms with Crippen LogP contribution >= 0.6 is 0 Å². The standard InChI is InChI=1S/C17H25N5O4/c1-10-11(8-18-21(10)4)14-12(7-13(23)20(14)3)19-16(26)22-6-5-17(2,9-22)15(24)25/h8,12,14H,5-7,9H2,1-4H3,(H,19,26)(H,24,25)/t12-,14+,17?/m1/s1. The van der Waals surface area contributed by atoms with Gasteiger partial charge in [0, 0.05) is 44.9 Å². The first-order valence-corrected chi connectivity index (χ1v) is 8.67. The van der Waals surface area contributed by atoms with Crippen molar-refractivity contribution in [2.45, 2.75) is 38.8 Å². The molecular formula is C17H25N5O4. The largest absolute Gasteiger partial charge is 0.481 e. The van der Waals surface area contributed by atoms with Gasteiger partial charge in [-0.15, -0.1) is 0 Å². The Balaban J connectivity index is 1.76. The quantitative estimate of drug-likeness (QED) is 0.813. The number of carbonyl (C=O) groups excluding carboxylic acids is 2. The van der Waals surface area contributed by atoms with Gasteiger partial charge in [0.15, 0.2) is 0 Å². The first-order chi connectivity index (χ1) is 12.1. The summed E-state index contributed by atoms with van der Waals surface area (Å²) < 4.78 is 1.74. The molecule has 3 amide bonds. The first kappa shape index (κ1) is 18.2. The Morgan fingerprint density at radius 2 is 2.08 bits per heavy atom. The van der Waals surface area contributed by atoms with E-state index in [1.807, 2.05) is 14.0 Å². The van der Waals surface area contributed by atoms with Crippen molar-refractivity contribution in [1.82, 2.24) is 24.9 Å². The molecule has 2 aliphatic heterocycles. The molecule has 1 aromatic rings. The highest BCUT2D eigenvalue weighted by molar-refractivity contribution is 5.83. The Bertz CT molecular complexity index is 760. The Morgan fingerprint density at radius 3 is 2.62 bits per heavy atom. The van der Waals surface area contributed by atoms with Gasteiger partial charge in [0.25, 0.3) is 0 Å². The van der Waals surface area contributed by atoms with Crippen LogP contribution < -0.4 is 5.32 Å². The SMILES string of the molecule is Cc1c([C@H]2[C@H](NC(=O)N3CCC(C)(C(=O)O)C3)CC(=O)N2C)cnn1C. The number of hydrogen-bond donors (Lipinski definition) is 2. The smallest absolute Gasteiger partial charge is 0.317 e. The lowest BCUT2D eigenvalue weighted by atomic mass is 9.90. The number of aliphatic carboxylic acids is 1. The zero-order valence-electron chi connectivity index (χ0n) is 15.5. The molecule has 1 unspecified atom stereocenters. The summed E-state index contributed by atoms with van der Waals surface area (Å²) in [7, 11) is 3.56. The van der Waals surface area contributed by atoms with Crippen molar-refractivity contribution < 1.29 is 19.5 Å². The minimum atomic E-state index is -0.918. The molecule has 3 rings (SSSR count). The average Bonchev–Trinajstić information content (AvgIpc) is 3.21. The van der Waals surface area contributed by atoms with E-state index in [4.69, 9.17) is 0 Å². The molecule has 1 aromatic heterocycles. The summed E-state index contributed by atoms with van der Waals surface area (Å²) in [5, 5.41) is 16.5. The second-order valence-corrected chi connectivity index (χ2v) is 7.56. The first-order valence-electron chi connectivity index (χ1n) is 8.67. The van der Waals surface area contributed by atoms with Crippen LogP contribution in [-0.4, -0.2) is 68.8 Å². The molecule has 142 valence electrons. The van der Waals surface area contributed by atoms with Gasteiger partial charge in [-0.1, -0.05) is 0 Å². The molecule has 0 bridgehead atoms. The number of aromatic nitrogens is 2. The van der Waals surface area contributed by atoms with E-state index in [1.165, 1.54) is 4.90 Å². The number of likely N-dealkylation sites (tertiary alicyclic amines) is 2. The number of nitrogens with zero attached hydrogens (tertiary/aromatic N) is 4. The third-order valence-electron chi connectivity index (χ3n) is 5.76. The van der Waals surface area contributed by atoms with E-state index in [2.05, 4.69) is 10.4 Å². The van der Waals surface area contributed by atoms with Gasteiger partial charge in [0.2, 0.25) is 5.91 Å². The van der Waals surface area contributed by atoms with Crippen LogP contribution in [0, 0.1) is 12.3 Å². The number of urea groups is 1. The molecule has 9 heteroatoms. The summed E-state index contributed by atoms with van der Waals surface area (Å²) in [6.07, 6.45) is 2.36. The second-order valence-electron chi connectivity index (χ2n) is 7.56. The van der Waals surface area contributed by atoms with Gasteiger partial charge in [0.1, 0.15) is 0 Å². The molecule has 0 aromatic carbocycles. The molecular weight excluding hydrogens is 338 g/mol. The highest BCUT2D eigenvalue weighted by Gasteiger charge is 2.45. The van der Waals surface area contributed by atoms with Crippen LogP contribution in [0.2, 0.25) is 0 Å². The number of nitrogens with one attached hydrogen (secondary N) is 1. The molecule has 2 fully saturated rings. The summed E-state index contributed by atoms with van der Waals surface area (Å²) in [5.41, 5.74) is 0.928. The third-order valence-corrected chi connectivity index (χ3v) is 5.76. The maximum atomic E-state index is 12.7. The zero-order valence-corrected chi connectivity index (χ0v) is 15.5. The molecule has 0 radical (unpaired) electrons. The summed E-state index contributed by atoms with van der Waals surface area (Å²) >= 11 is 0. The summed E-state index contributed by atoms with van der Waals surface area (Å²) in [4.78, 5) is 39.4. The Morgan fingerprint density at radius 1 is 1.38 bits per heavy atom. The molecule has 9 nitrogen and oxygen atoms in total. The fraction of sp³-hybridized carbons (Fsp3) is 0.647. The number of hydrogen-bond acceptors (Lipinski definition) is 4. The summed E-state index contributed by atoms with van der Waals surface area (Å²) in [6.45, 7) is 4.14. The topological polar surface area (TPSA) is 108 Å². The second kappa shape index (κ2) is 6.30. The monoisotopic (exact) mass is 363 g/mol. The van der Waals surface area contributed by atoms with Crippen molar-refractivity contribution in [3.05, 3.63) is 17.5 Å². The maximum Gasteiger partial charge on any atom is 0.317 e. The average molecular weight is 363 g/mol. The Hall–Kier alpha value is -2.58. The normalized spacial score (nSPS) is 28.7. The molecule has 26 heavy (non-hydrogen) atoms. The van der Waals surface area contributed by atoms with Crippen molar-refractivity contribution in [2.75, 3.05) is 20.1 Å². The molecule has 0 spiro atoms. The Labute approximate surface area is 151 Å². The van der Waals surface area contributed by atoms with Crippen molar-refractivity contribution in [3.8, 4) is 0 Å². The van der Waals surface area contributed by atoms with Crippen LogP contribution in [0.4, 0.5) is 4.79 Å². The number of amides is 3. The minimum Gasteiger partial charge on any atom is -0.481 e. The van der Waals surface area contributed by atoms with Gasteiger partial charge in [-0.3, -0.25) is 14.3 Å². The number of likely N-dealkylation sites (N-methyl/N-ethyl adjacent to an activating group) is 1. The Kier molecular flexibility index (Phi) is 4.41. The molecule has 2 N–H and O–H groups in total. The fourth-order valence-electron chi connectivity index (χ4n) is 3.79. The van der Waals surface area contributed by atoms with Crippen LogP contribution in [0.3, 0.4) is 0 Å². The lowest BCUT2D eigenvalue weighted by molar-refractivity contribution is -0.147. The number of carboxylic acid groups (broad SMARTS) is 1. The number of carbonyl (C=O) groups is 3. The summed E-state index contributed by atoms with van der Waals surface area (Å²) in [5.74, 6) is -0.937. The van der Waals surface area contributed by atoms with Crippen molar-refractivity contribution in [2.24, 2.45) is 12.5 Å². The van der Waals surface area contributed by atoms with Gasteiger partial charge >= 0.3 is 12.0 Å². The molecule has 3 atom stereocenters. The molecule has 3 heterocycles. The van der Waals surface area contributed by atoms with Crippen LogP contribution in [0.25, 0.3) is 0 Å². The molecule has 0 aliphatic carbocycles. The lowest BCUT2D eigenvalue weighted by Gasteiger charge is -2.27. The van der Waals surface area contributed by atoms with E-state index < -0.39 is 11.4 Å². The van der Waals surface area contributed by atoms with Crippen LogP contribution in [0.1, 0.15) is 37.1 Å². The highest BCUT2D eigenvalue weighted by Crippen LogP contribution is 2.34. The van der Waals surface area contributed by atoms with Crippen molar-refractivity contribution >= 4 is 17.9 Å². The predicted octanol–water partition coefficient (Wildman–Crippen LogP) is 0.507. The van der Waals surface area contributed by atoms with Crippen LogP contribution in [0.5, 0.6) is 0 Å². The minimum absolute atomic E-state index is 0.0413. The van der Waals surface area contributed by atoms with Crippen molar-refractivity contribution in [3.63, 3.8) is 0 Å². The van der Waals surface area contributed by atoms with E-state index in [0.717, 1.165) is 11.3 Å². The van der Waals surface area contributed by atoms with E-state index in [0.29, 0.717) is 13.0 Å². The van der Waals surface area contributed by atoms with Gasteiger partial charge in [-0.05, 0) is 20.3 Å². The summed E-state index contributed by atoms with van der Waals surface area (Å²) in [6, 6.07) is -0.984. The highest BCUT2D eigenvalue weighted by atomic mass is 16.4. The molecule has 0 saturated carbocycles. The van der Waals surface area contributed by atoms with Crippen molar-refractivity contribution in [1.29, 1.82) is 0 Å². The number of aryl methyl sites for hydroxylation is 1. The van der Waals surface area contributed by atoms with Gasteiger partial charge in [-0.2, -0.15) is 5.10 Å². The van der Waals surface area contributed by atoms with Crippen LogP contribution in [0.15, 0.2) is 6.20 Å². The van der Waals surface area contributed by atoms with Crippen LogP contribution in [-0.2, 0) is 16.6 Å². The van der Waals surface area contributed by atoms with E-state index in [1.54, 1.807) is 29.7 Å². The van der Waals surface area contributed by atoms with Gasteiger partial charge < -0.3 is 20.2 Å². The lowest BCUT2D eigenvalue weighted by Crippen LogP contribution is -2.46. The van der Waals surface area contributed by atoms with Gasteiger partial charge in [-0.25, -0.2) is 4.79 Å². The van der Waals surface area contributed by atoms with E-state index in [9.17, 15) is 19.5 Å². The molecule has 2 aliphatic rings. The van der Waals surface area contributed by atoms with Gasteiger partial charge in [0.05, 0.1) is 23.7 Å². The number of rotatable bonds is 3. The maximum absolute atomic E-state index is 12.7. The third kappa shape index (κ3) is 2.91. The number of carboxylic acids is 1.